The van der Waals surface area contributed by atoms with E-state index in [4.69, 9.17) is 0 Å². The molecule has 0 unspecified atom stereocenters. The Balaban J connectivity index is 1.72. The molecule has 0 N–H and O–H groups in total. The number of benzene rings is 1. The van der Waals surface area contributed by atoms with E-state index in [-0.39, 0.29) is 11.8 Å². The molecule has 0 spiro atoms. The minimum absolute atomic E-state index is 0.108. The smallest absolute Gasteiger partial charge is 0.287 e. The number of likely N-dealkylation sites (tertiary alicyclic amines) is 1. The maximum atomic E-state index is 13.0. The highest BCUT2D eigenvalue weighted by Crippen LogP contribution is 2.44. The van der Waals surface area contributed by atoms with E-state index in [1.807, 2.05) is 25.1 Å². The molecule has 7 heteroatoms. The van der Waals surface area contributed by atoms with Crippen molar-refractivity contribution in [3.8, 4) is 0 Å². The molecule has 3 aliphatic heterocycles. The molecule has 5 nitrogen and oxygen atoms in total. The van der Waals surface area contributed by atoms with Crippen LogP contribution in [0.15, 0.2) is 32.6 Å². The van der Waals surface area contributed by atoms with Crippen molar-refractivity contribution in [3.63, 3.8) is 0 Å². The number of thioether (sulfide) groups is 1. The zero-order valence-electron chi connectivity index (χ0n) is 14.6. The van der Waals surface area contributed by atoms with Gasteiger partial charge in [-0.25, -0.2) is 0 Å². The van der Waals surface area contributed by atoms with Gasteiger partial charge in [-0.2, -0.15) is 4.99 Å². The van der Waals surface area contributed by atoms with Crippen molar-refractivity contribution in [2.24, 2.45) is 4.99 Å². The van der Waals surface area contributed by atoms with Crippen molar-refractivity contribution >= 4 is 55.9 Å². The van der Waals surface area contributed by atoms with Crippen LogP contribution in [0.5, 0.6) is 0 Å². The number of carbonyl (C=O) groups excluding carboxylic acids is 2. The number of nitrogens with zero attached hydrogens (tertiary/aromatic N) is 3. The van der Waals surface area contributed by atoms with E-state index >= 15 is 0 Å². The van der Waals surface area contributed by atoms with Gasteiger partial charge in [-0.1, -0.05) is 28.8 Å². The first-order chi connectivity index (χ1) is 12.6. The average molecular weight is 434 g/mol. The lowest BCUT2D eigenvalue weighted by molar-refractivity contribution is -0.115. The summed E-state index contributed by atoms with van der Waals surface area (Å²) in [5.41, 5.74) is 2.17. The lowest BCUT2D eigenvalue weighted by Gasteiger charge is -2.20. The molecule has 136 valence electrons. The van der Waals surface area contributed by atoms with Crippen molar-refractivity contribution in [1.82, 2.24) is 4.90 Å². The number of hydrogen-bond acceptors (Lipinski definition) is 4. The van der Waals surface area contributed by atoms with Crippen LogP contribution < -0.4 is 4.90 Å². The third-order valence-electron chi connectivity index (χ3n) is 4.98. The number of rotatable bonds is 1. The molecular formula is C19H20BrN3O2S. The number of aliphatic imine (C=N–C) groups is 1. The van der Waals surface area contributed by atoms with Gasteiger partial charge in [-0.3, -0.25) is 9.59 Å². The Kier molecular flexibility index (Phi) is 4.92. The van der Waals surface area contributed by atoms with E-state index in [9.17, 15) is 9.59 Å². The van der Waals surface area contributed by atoms with Gasteiger partial charge in [0.1, 0.15) is 0 Å². The monoisotopic (exact) mass is 433 g/mol. The molecule has 0 aliphatic carbocycles. The van der Waals surface area contributed by atoms with Crippen LogP contribution in [-0.2, 0) is 9.59 Å². The van der Waals surface area contributed by atoms with Crippen LogP contribution in [0.25, 0.3) is 5.57 Å². The second-order valence-corrected chi connectivity index (χ2v) is 8.51. The summed E-state index contributed by atoms with van der Waals surface area (Å²) in [6.07, 6.45) is 4.69. The van der Waals surface area contributed by atoms with Crippen LogP contribution in [0, 0.1) is 0 Å². The maximum Gasteiger partial charge on any atom is 0.287 e. The molecule has 0 atom stereocenters. The van der Waals surface area contributed by atoms with Crippen molar-refractivity contribution in [3.05, 3.63) is 33.1 Å². The van der Waals surface area contributed by atoms with Crippen molar-refractivity contribution in [1.29, 1.82) is 0 Å². The van der Waals surface area contributed by atoms with Crippen LogP contribution in [-0.4, -0.2) is 41.5 Å². The number of carbonyl (C=O) groups is 2. The predicted octanol–water partition coefficient (Wildman–Crippen LogP) is 4.03. The summed E-state index contributed by atoms with van der Waals surface area (Å²) in [6.45, 7) is 4.38. The molecule has 0 bridgehead atoms. The Labute approximate surface area is 165 Å². The summed E-state index contributed by atoms with van der Waals surface area (Å²) in [4.78, 5) is 34.3. The first kappa shape index (κ1) is 17.8. The van der Waals surface area contributed by atoms with E-state index in [1.54, 1.807) is 4.90 Å². The van der Waals surface area contributed by atoms with E-state index in [1.165, 1.54) is 24.6 Å². The maximum absolute atomic E-state index is 13.0. The van der Waals surface area contributed by atoms with E-state index < -0.39 is 0 Å². The molecule has 0 aromatic heterocycles. The van der Waals surface area contributed by atoms with Crippen LogP contribution in [0.1, 0.15) is 38.2 Å². The standard InChI is InChI=1S/C19H20BrN3O2S/c1-2-23-14-8-7-12(20)11-13(14)15(18(23)25)16-17(24)21-19(26-16)22-9-5-3-4-6-10-22/h7-8,11H,2-6,9-10H2,1H3. The van der Waals surface area contributed by atoms with E-state index in [2.05, 4.69) is 25.8 Å². The Morgan fingerprint density at radius 3 is 2.58 bits per heavy atom. The van der Waals surface area contributed by atoms with Gasteiger partial charge < -0.3 is 9.80 Å². The lowest BCUT2D eigenvalue weighted by Crippen LogP contribution is -2.28. The Bertz CT molecular complexity index is 841. The Morgan fingerprint density at radius 1 is 1.15 bits per heavy atom. The highest BCUT2D eigenvalue weighted by atomic mass is 79.9. The summed E-state index contributed by atoms with van der Waals surface area (Å²) in [5, 5.41) is 0.749. The summed E-state index contributed by atoms with van der Waals surface area (Å²) >= 11 is 4.84. The van der Waals surface area contributed by atoms with Gasteiger partial charge in [0.25, 0.3) is 11.8 Å². The third-order valence-corrected chi connectivity index (χ3v) is 6.59. The summed E-state index contributed by atoms with van der Waals surface area (Å²) in [7, 11) is 0. The number of amides is 2. The molecule has 3 heterocycles. The molecule has 1 fully saturated rings. The molecule has 4 rings (SSSR count). The zero-order valence-corrected chi connectivity index (χ0v) is 17.0. The predicted molar refractivity (Wildman–Crippen MR) is 109 cm³/mol. The SMILES string of the molecule is CCN1C(=O)C(=C2SC(N3CCCCCC3)=NC2=O)c2cc(Br)ccc21. The second kappa shape index (κ2) is 7.19. The molecule has 0 radical (unpaired) electrons. The highest BCUT2D eigenvalue weighted by Gasteiger charge is 2.39. The molecule has 1 saturated heterocycles. The molecule has 2 amide bonds. The highest BCUT2D eigenvalue weighted by molar-refractivity contribution is 9.10. The largest absolute Gasteiger partial charge is 0.351 e. The van der Waals surface area contributed by atoms with Gasteiger partial charge in [0.2, 0.25) is 0 Å². The molecule has 26 heavy (non-hydrogen) atoms. The third kappa shape index (κ3) is 3.01. The number of halogens is 1. The Morgan fingerprint density at radius 2 is 1.88 bits per heavy atom. The number of fused-ring (bicyclic) bond motifs is 1. The zero-order chi connectivity index (χ0) is 18.3. The molecule has 3 aliphatic rings. The summed E-state index contributed by atoms with van der Waals surface area (Å²) in [5.74, 6) is -0.398. The van der Waals surface area contributed by atoms with Crippen LogP contribution >= 0.6 is 27.7 Å². The average Bonchev–Trinajstić information content (AvgIpc) is 2.98. The van der Waals surface area contributed by atoms with Gasteiger partial charge in [-0.15, -0.1) is 0 Å². The molecule has 1 aromatic carbocycles. The van der Waals surface area contributed by atoms with Crippen molar-refractivity contribution < 1.29 is 9.59 Å². The lowest BCUT2D eigenvalue weighted by atomic mass is 10.1. The number of hydrogen-bond donors (Lipinski definition) is 0. The van der Waals surface area contributed by atoms with Gasteiger partial charge in [0.15, 0.2) is 5.17 Å². The molecule has 1 aromatic rings. The Hall–Kier alpha value is -1.60. The van der Waals surface area contributed by atoms with E-state index in [0.29, 0.717) is 17.0 Å². The minimum Gasteiger partial charge on any atom is -0.351 e. The second-order valence-electron chi connectivity index (χ2n) is 6.62. The fourth-order valence-electron chi connectivity index (χ4n) is 3.69. The molecule has 0 saturated carbocycles. The topological polar surface area (TPSA) is 53.0 Å². The first-order valence-corrected chi connectivity index (χ1v) is 10.6. The number of anilines is 1. The molecular weight excluding hydrogens is 414 g/mol. The van der Waals surface area contributed by atoms with Gasteiger partial charge in [-0.05, 0) is 49.7 Å². The fourth-order valence-corrected chi connectivity index (χ4v) is 5.10. The van der Waals surface area contributed by atoms with Gasteiger partial charge in [0, 0.05) is 29.7 Å². The quantitative estimate of drug-likeness (QED) is 0.627. The summed E-state index contributed by atoms with van der Waals surface area (Å²) < 4.78 is 0.893. The van der Waals surface area contributed by atoms with Crippen LogP contribution in [0.3, 0.4) is 0 Å². The number of likely N-dealkylation sites (N-methyl/N-ethyl adjacent to an activating group) is 1. The minimum atomic E-state index is -0.290. The summed E-state index contributed by atoms with van der Waals surface area (Å²) in [6, 6.07) is 5.77. The number of amidine groups is 1. The van der Waals surface area contributed by atoms with Crippen molar-refractivity contribution in [2.75, 3.05) is 24.5 Å². The van der Waals surface area contributed by atoms with Crippen molar-refractivity contribution in [2.45, 2.75) is 32.6 Å². The van der Waals surface area contributed by atoms with Crippen LogP contribution in [0.2, 0.25) is 0 Å². The van der Waals surface area contributed by atoms with Crippen LogP contribution in [0.4, 0.5) is 5.69 Å². The van der Waals surface area contributed by atoms with Gasteiger partial charge >= 0.3 is 0 Å². The van der Waals surface area contributed by atoms with E-state index in [0.717, 1.165) is 46.8 Å². The normalized spacial score (nSPS) is 23.4. The van der Waals surface area contributed by atoms with Gasteiger partial charge in [0.05, 0.1) is 16.2 Å². The first-order valence-electron chi connectivity index (χ1n) is 9.02. The fraction of sp³-hybridized carbons (Fsp3) is 0.421.